The molecular weight excluding hydrogens is 339 g/mol. The number of ketones is 1. The number of nitro benzene ring substituents is 1. The van der Waals surface area contributed by atoms with Gasteiger partial charge in [-0.25, -0.2) is 9.37 Å². The number of carbonyl (C=O) groups is 1. The Morgan fingerprint density at radius 3 is 2.73 bits per heavy atom. The van der Waals surface area contributed by atoms with Crippen LogP contribution in [0.2, 0.25) is 0 Å². The number of imidazole rings is 1. The monoisotopic (exact) mass is 354 g/mol. The number of halogens is 1. The molecule has 1 aromatic heterocycles. The van der Waals surface area contributed by atoms with Crippen molar-refractivity contribution in [3.63, 3.8) is 0 Å². The molecule has 0 atom stereocenters. The highest BCUT2D eigenvalue weighted by molar-refractivity contribution is 5.95. The van der Waals surface area contributed by atoms with Crippen LogP contribution in [0.15, 0.2) is 55.1 Å². The highest BCUT2D eigenvalue weighted by Crippen LogP contribution is 2.26. The number of benzene rings is 2. The summed E-state index contributed by atoms with van der Waals surface area (Å²) in [4.78, 5) is 25.9. The molecule has 0 fully saturated rings. The SMILES string of the molecule is CC(=O)c1ccc(NCc2ccc(-n3ccnc3)c(F)c2)c([N+](=O)[O-])c1. The number of rotatable bonds is 6. The first kappa shape index (κ1) is 17.3. The van der Waals surface area contributed by atoms with Crippen LogP contribution in [0.5, 0.6) is 0 Å². The van der Waals surface area contributed by atoms with Gasteiger partial charge in [-0.3, -0.25) is 14.9 Å². The number of Topliss-reactive ketones (excluding diaryl/α,β-unsaturated/α-hetero) is 1. The van der Waals surface area contributed by atoms with Crippen molar-refractivity contribution in [1.29, 1.82) is 0 Å². The minimum Gasteiger partial charge on any atom is -0.375 e. The Bertz CT molecular complexity index is 971. The van der Waals surface area contributed by atoms with Crippen molar-refractivity contribution in [3.8, 4) is 5.69 Å². The van der Waals surface area contributed by atoms with E-state index in [0.717, 1.165) is 0 Å². The summed E-state index contributed by atoms with van der Waals surface area (Å²) in [5.74, 6) is -0.680. The van der Waals surface area contributed by atoms with E-state index < -0.39 is 10.7 Å². The molecule has 0 amide bonds. The van der Waals surface area contributed by atoms with Crippen LogP contribution in [0.4, 0.5) is 15.8 Å². The molecule has 0 aliphatic rings. The van der Waals surface area contributed by atoms with Crippen LogP contribution in [-0.4, -0.2) is 20.3 Å². The third kappa shape index (κ3) is 3.59. The Balaban J connectivity index is 1.80. The summed E-state index contributed by atoms with van der Waals surface area (Å²) in [5, 5.41) is 14.1. The first-order chi connectivity index (χ1) is 12.5. The van der Waals surface area contributed by atoms with Gasteiger partial charge in [-0.05, 0) is 36.8 Å². The molecule has 1 heterocycles. The third-order valence-electron chi connectivity index (χ3n) is 3.88. The van der Waals surface area contributed by atoms with Gasteiger partial charge in [-0.2, -0.15) is 0 Å². The van der Waals surface area contributed by atoms with Gasteiger partial charge in [0.2, 0.25) is 0 Å². The van der Waals surface area contributed by atoms with E-state index in [9.17, 15) is 19.3 Å². The van der Waals surface area contributed by atoms with E-state index in [1.807, 2.05) is 0 Å². The van der Waals surface area contributed by atoms with Crippen LogP contribution in [0.25, 0.3) is 5.69 Å². The number of nitro groups is 1. The van der Waals surface area contributed by atoms with E-state index in [-0.39, 0.29) is 29.3 Å². The Morgan fingerprint density at radius 1 is 1.31 bits per heavy atom. The topological polar surface area (TPSA) is 90.1 Å². The quantitative estimate of drug-likeness (QED) is 0.414. The molecule has 7 nitrogen and oxygen atoms in total. The van der Waals surface area contributed by atoms with Gasteiger partial charge in [0.25, 0.3) is 5.69 Å². The fraction of sp³-hybridized carbons (Fsp3) is 0.111. The van der Waals surface area contributed by atoms with Gasteiger partial charge >= 0.3 is 0 Å². The standard InChI is InChI=1S/C18H15FN4O3/c1-12(24)14-3-4-16(18(9-14)23(25)26)21-10-13-2-5-17(15(19)8-13)22-7-6-20-11-22/h2-9,11,21H,10H2,1H3. The molecule has 0 bridgehead atoms. The zero-order valence-electron chi connectivity index (χ0n) is 13.8. The summed E-state index contributed by atoms with van der Waals surface area (Å²) in [5.41, 5.74) is 1.31. The van der Waals surface area contributed by atoms with Crippen molar-refractivity contribution < 1.29 is 14.1 Å². The summed E-state index contributed by atoms with van der Waals surface area (Å²) in [6, 6.07) is 8.92. The fourth-order valence-electron chi connectivity index (χ4n) is 2.52. The van der Waals surface area contributed by atoms with Crippen molar-refractivity contribution in [2.45, 2.75) is 13.5 Å². The van der Waals surface area contributed by atoms with Crippen molar-refractivity contribution in [2.75, 3.05) is 5.32 Å². The second-order valence-corrected chi connectivity index (χ2v) is 5.65. The van der Waals surface area contributed by atoms with Gasteiger partial charge in [0.05, 0.1) is 16.9 Å². The van der Waals surface area contributed by atoms with Gasteiger partial charge < -0.3 is 9.88 Å². The average molecular weight is 354 g/mol. The summed E-state index contributed by atoms with van der Waals surface area (Å²) in [6.07, 6.45) is 4.69. The molecule has 0 spiro atoms. The lowest BCUT2D eigenvalue weighted by Crippen LogP contribution is -2.05. The van der Waals surface area contributed by atoms with E-state index >= 15 is 0 Å². The van der Waals surface area contributed by atoms with Crippen LogP contribution in [0, 0.1) is 15.9 Å². The van der Waals surface area contributed by atoms with Crippen molar-refractivity contribution >= 4 is 17.2 Å². The van der Waals surface area contributed by atoms with Gasteiger partial charge in [0.15, 0.2) is 5.78 Å². The van der Waals surface area contributed by atoms with Gasteiger partial charge in [0.1, 0.15) is 11.5 Å². The molecular formula is C18H15FN4O3. The Hall–Kier alpha value is -3.55. The maximum absolute atomic E-state index is 14.3. The van der Waals surface area contributed by atoms with Crippen LogP contribution in [-0.2, 0) is 6.54 Å². The Labute approximate surface area is 148 Å². The lowest BCUT2D eigenvalue weighted by atomic mass is 10.1. The third-order valence-corrected chi connectivity index (χ3v) is 3.88. The van der Waals surface area contributed by atoms with E-state index in [4.69, 9.17) is 0 Å². The molecule has 0 aliphatic carbocycles. The molecule has 8 heteroatoms. The number of nitrogens with one attached hydrogen (secondary N) is 1. The molecule has 2 aromatic carbocycles. The summed E-state index contributed by atoms with van der Waals surface area (Å²) >= 11 is 0. The summed E-state index contributed by atoms with van der Waals surface area (Å²) in [7, 11) is 0. The first-order valence-corrected chi connectivity index (χ1v) is 7.75. The molecule has 0 unspecified atom stereocenters. The van der Waals surface area contributed by atoms with E-state index in [1.54, 1.807) is 29.1 Å². The zero-order valence-corrected chi connectivity index (χ0v) is 13.8. The Kier molecular flexibility index (Phi) is 4.74. The van der Waals surface area contributed by atoms with Crippen LogP contribution >= 0.6 is 0 Å². The highest BCUT2D eigenvalue weighted by Gasteiger charge is 2.16. The first-order valence-electron chi connectivity index (χ1n) is 7.75. The Morgan fingerprint density at radius 2 is 2.12 bits per heavy atom. The number of anilines is 1. The molecule has 0 saturated heterocycles. The maximum Gasteiger partial charge on any atom is 0.293 e. The second kappa shape index (κ2) is 7.14. The minimum atomic E-state index is -0.558. The number of nitrogens with zero attached hydrogens (tertiary/aromatic N) is 3. The second-order valence-electron chi connectivity index (χ2n) is 5.65. The van der Waals surface area contributed by atoms with Gasteiger partial charge in [-0.1, -0.05) is 6.07 Å². The van der Waals surface area contributed by atoms with Crippen LogP contribution in [0.3, 0.4) is 0 Å². The number of aromatic nitrogens is 2. The summed E-state index contributed by atoms with van der Waals surface area (Å²) < 4.78 is 15.8. The lowest BCUT2D eigenvalue weighted by Gasteiger charge is -2.10. The van der Waals surface area contributed by atoms with Crippen LogP contribution in [0.1, 0.15) is 22.8 Å². The molecule has 0 radical (unpaired) electrons. The molecule has 132 valence electrons. The molecule has 3 aromatic rings. The fourth-order valence-corrected chi connectivity index (χ4v) is 2.52. The predicted molar refractivity (Wildman–Crippen MR) is 93.9 cm³/mol. The smallest absolute Gasteiger partial charge is 0.293 e. The molecule has 3 rings (SSSR count). The normalized spacial score (nSPS) is 10.5. The molecule has 26 heavy (non-hydrogen) atoms. The number of hydrogen-bond donors (Lipinski definition) is 1. The van der Waals surface area contributed by atoms with Gasteiger partial charge in [-0.15, -0.1) is 0 Å². The number of carbonyl (C=O) groups excluding carboxylic acids is 1. The zero-order chi connectivity index (χ0) is 18.7. The molecule has 0 aliphatic heterocycles. The maximum atomic E-state index is 14.3. The van der Waals surface area contributed by atoms with E-state index in [0.29, 0.717) is 11.3 Å². The average Bonchev–Trinajstić information content (AvgIpc) is 3.14. The van der Waals surface area contributed by atoms with E-state index in [2.05, 4.69) is 10.3 Å². The lowest BCUT2D eigenvalue weighted by molar-refractivity contribution is -0.384. The van der Waals surface area contributed by atoms with Gasteiger partial charge in [0, 0.05) is 30.6 Å². The predicted octanol–water partition coefficient (Wildman–Crippen LogP) is 3.73. The van der Waals surface area contributed by atoms with Crippen molar-refractivity contribution in [2.24, 2.45) is 0 Å². The molecule has 0 saturated carbocycles. The van der Waals surface area contributed by atoms with Crippen LogP contribution < -0.4 is 5.32 Å². The van der Waals surface area contributed by atoms with E-state index in [1.165, 1.54) is 37.5 Å². The summed E-state index contributed by atoms with van der Waals surface area (Å²) in [6.45, 7) is 1.54. The highest BCUT2D eigenvalue weighted by atomic mass is 19.1. The van der Waals surface area contributed by atoms with Crippen molar-refractivity contribution in [3.05, 3.63) is 82.2 Å². The van der Waals surface area contributed by atoms with Crippen molar-refractivity contribution in [1.82, 2.24) is 9.55 Å². The minimum absolute atomic E-state index is 0.196. The number of hydrogen-bond acceptors (Lipinski definition) is 5. The molecule has 1 N–H and O–H groups in total. The largest absolute Gasteiger partial charge is 0.375 e.